The minimum atomic E-state index is 0.0140. The molecule has 130 valence electrons. The Balaban J connectivity index is 1.63. The van der Waals surface area contributed by atoms with Crippen LogP contribution in [0.3, 0.4) is 0 Å². The minimum absolute atomic E-state index is 0.0140. The fourth-order valence-electron chi connectivity index (χ4n) is 3.91. The van der Waals surface area contributed by atoms with Gasteiger partial charge < -0.3 is 5.32 Å². The van der Waals surface area contributed by atoms with Crippen LogP contribution in [0.5, 0.6) is 0 Å². The van der Waals surface area contributed by atoms with E-state index < -0.39 is 0 Å². The molecule has 4 rings (SSSR count). The van der Waals surface area contributed by atoms with Gasteiger partial charge in [0, 0.05) is 12.4 Å². The summed E-state index contributed by atoms with van der Waals surface area (Å²) in [6.07, 6.45) is 2.05. The fraction of sp³-hybridized carbons (Fsp3) is 0.400. The van der Waals surface area contributed by atoms with Crippen molar-refractivity contribution in [3.05, 3.63) is 52.0 Å². The zero-order chi connectivity index (χ0) is 17.8. The van der Waals surface area contributed by atoms with Crippen LogP contribution >= 0.6 is 11.3 Å². The van der Waals surface area contributed by atoms with E-state index in [9.17, 15) is 4.79 Å². The number of nitrogens with one attached hydrogen (secondary N) is 1. The van der Waals surface area contributed by atoms with Crippen LogP contribution in [-0.4, -0.2) is 15.7 Å². The zero-order valence-electron chi connectivity index (χ0n) is 15.1. The monoisotopic (exact) mass is 353 g/mol. The number of rotatable bonds is 2. The van der Waals surface area contributed by atoms with Crippen molar-refractivity contribution in [2.45, 2.75) is 45.1 Å². The van der Waals surface area contributed by atoms with E-state index in [1.807, 2.05) is 24.7 Å². The molecule has 0 saturated heterocycles. The van der Waals surface area contributed by atoms with Crippen molar-refractivity contribution < 1.29 is 4.79 Å². The molecular weight excluding hydrogens is 330 g/mol. The normalized spacial score (nSPS) is 19.0. The van der Waals surface area contributed by atoms with E-state index in [1.54, 1.807) is 0 Å². The number of aryl methyl sites for hydroxylation is 2. The molecule has 2 aromatic heterocycles. The maximum atomic E-state index is 12.8. The van der Waals surface area contributed by atoms with Crippen LogP contribution in [0.25, 0.3) is 10.2 Å². The third kappa shape index (κ3) is 2.67. The summed E-state index contributed by atoms with van der Waals surface area (Å²) in [4.78, 5) is 14.7. The van der Waals surface area contributed by atoms with Gasteiger partial charge in [-0.05, 0) is 42.4 Å². The van der Waals surface area contributed by atoms with Crippen LogP contribution in [0, 0.1) is 6.92 Å². The van der Waals surface area contributed by atoms with Crippen LogP contribution in [-0.2, 0) is 12.5 Å². The van der Waals surface area contributed by atoms with Crippen LogP contribution in [0.15, 0.2) is 30.3 Å². The first-order chi connectivity index (χ1) is 11.9. The highest BCUT2D eigenvalue weighted by Gasteiger charge is 2.33. The molecular formula is C20H23N3OS. The second-order valence-electron chi connectivity index (χ2n) is 7.57. The van der Waals surface area contributed by atoms with E-state index in [1.165, 1.54) is 22.5 Å². The van der Waals surface area contributed by atoms with Gasteiger partial charge in [0.1, 0.15) is 4.83 Å². The number of carbonyl (C=O) groups is 1. The predicted octanol–water partition coefficient (Wildman–Crippen LogP) is 4.49. The van der Waals surface area contributed by atoms with Gasteiger partial charge in [-0.25, -0.2) is 0 Å². The lowest BCUT2D eigenvalue weighted by molar-refractivity contribution is 0.0933. The first-order valence-electron chi connectivity index (χ1n) is 8.70. The van der Waals surface area contributed by atoms with Crippen molar-refractivity contribution in [1.82, 2.24) is 15.1 Å². The summed E-state index contributed by atoms with van der Waals surface area (Å²) < 4.78 is 1.85. The van der Waals surface area contributed by atoms with E-state index in [4.69, 9.17) is 0 Å². The lowest BCUT2D eigenvalue weighted by Gasteiger charge is -2.37. The highest BCUT2D eigenvalue weighted by molar-refractivity contribution is 7.20. The molecule has 1 atom stereocenters. The Hall–Kier alpha value is -2.14. The smallest absolute Gasteiger partial charge is 0.261 e. The summed E-state index contributed by atoms with van der Waals surface area (Å²) in [5.74, 6) is 0.0140. The van der Waals surface area contributed by atoms with Gasteiger partial charge in [-0.1, -0.05) is 38.1 Å². The van der Waals surface area contributed by atoms with Crippen molar-refractivity contribution in [3.63, 3.8) is 0 Å². The molecule has 1 unspecified atom stereocenters. The Morgan fingerprint density at radius 3 is 2.88 bits per heavy atom. The van der Waals surface area contributed by atoms with Crippen molar-refractivity contribution >= 4 is 27.5 Å². The molecule has 0 radical (unpaired) electrons. The topological polar surface area (TPSA) is 46.9 Å². The van der Waals surface area contributed by atoms with E-state index in [0.717, 1.165) is 33.6 Å². The Kier molecular flexibility index (Phi) is 3.72. The molecule has 0 saturated carbocycles. The molecule has 0 aliphatic heterocycles. The highest BCUT2D eigenvalue weighted by atomic mass is 32.1. The average molecular weight is 353 g/mol. The summed E-state index contributed by atoms with van der Waals surface area (Å²) in [7, 11) is 1.92. The maximum Gasteiger partial charge on any atom is 0.261 e. The van der Waals surface area contributed by atoms with Gasteiger partial charge in [0.15, 0.2) is 0 Å². The number of fused-ring (bicyclic) bond motifs is 2. The largest absolute Gasteiger partial charge is 0.345 e. The highest BCUT2D eigenvalue weighted by Crippen LogP contribution is 2.41. The van der Waals surface area contributed by atoms with Gasteiger partial charge >= 0.3 is 0 Å². The number of amides is 1. The number of thiophene rings is 1. The molecule has 3 aromatic rings. The Labute approximate surface area is 151 Å². The molecule has 1 aliphatic rings. The Morgan fingerprint density at radius 1 is 1.36 bits per heavy atom. The van der Waals surface area contributed by atoms with E-state index in [-0.39, 0.29) is 17.4 Å². The van der Waals surface area contributed by atoms with Gasteiger partial charge in [-0.3, -0.25) is 9.48 Å². The molecule has 4 nitrogen and oxygen atoms in total. The first kappa shape index (κ1) is 16.3. The summed E-state index contributed by atoms with van der Waals surface area (Å²) in [6, 6.07) is 10.6. The SMILES string of the molecule is Cc1nn(C)c2sc(C(=O)NC3CCC(C)(C)c4ccccc43)cc12. The molecule has 0 fully saturated rings. The standard InChI is InChI=1S/C20H23N3OS/c1-12-14-11-17(25-19(14)23(4)22-12)18(24)21-16-9-10-20(2,3)15-8-6-5-7-13(15)16/h5-8,11,16H,9-10H2,1-4H3,(H,21,24). The molecule has 2 heterocycles. The number of hydrogen-bond acceptors (Lipinski definition) is 3. The van der Waals surface area contributed by atoms with Crippen molar-refractivity contribution in [2.24, 2.45) is 7.05 Å². The van der Waals surface area contributed by atoms with Crippen LogP contribution in [0.4, 0.5) is 0 Å². The Bertz CT molecular complexity index is 932. The zero-order valence-corrected chi connectivity index (χ0v) is 15.9. The van der Waals surface area contributed by atoms with E-state index in [0.29, 0.717) is 0 Å². The minimum Gasteiger partial charge on any atom is -0.345 e. The molecule has 5 heteroatoms. The van der Waals surface area contributed by atoms with Crippen molar-refractivity contribution in [1.29, 1.82) is 0 Å². The van der Waals surface area contributed by atoms with Crippen LogP contribution in [0.1, 0.15) is 59.2 Å². The molecule has 1 aromatic carbocycles. The molecule has 25 heavy (non-hydrogen) atoms. The number of benzene rings is 1. The molecule has 0 spiro atoms. The second-order valence-corrected chi connectivity index (χ2v) is 8.61. The van der Waals surface area contributed by atoms with Crippen molar-refractivity contribution in [2.75, 3.05) is 0 Å². The van der Waals surface area contributed by atoms with Gasteiger partial charge in [0.25, 0.3) is 5.91 Å². The molecule has 1 N–H and O–H groups in total. The summed E-state index contributed by atoms with van der Waals surface area (Å²) >= 11 is 1.51. The van der Waals surface area contributed by atoms with Gasteiger partial charge in [0.05, 0.1) is 16.6 Å². The lowest BCUT2D eigenvalue weighted by Crippen LogP contribution is -2.35. The molecule has 1 aliphatic carbocycles. The number of carbonyl (C=O) groups excluding carboxylic acids is 1. The quantitative estimate of drug-likeness (QED) is 0.738. The number of aromatic nitrogens is 2. The molecule has 0 bridgehead atoms. The third-order valence-corrected chi connectivity index (χ3v) is 6.55. The van der Waals surface area contributed by atoms with Gasteiger partial charge in [-0.15, -0.1) is 11.3 Å². The predicted molar refractivity (Wildman–Crippen MR) is 102 cm³/mol. The van der Waals surface area contributed by atoms with Crippen LogP contribution < -0.4 is 5.32 Å². The summed E-state index contributed by atoms with van der Waals surface area (Å²) in [5.41, 5.74) is 3.74. The first-order valence-corrected chi connectivity index (χ1v) is 9.52. The maximum absolute atomic E-state index is 12.8. The lowest BCUT2D eigenvalue weighted by atomic mass is 9.71. The third-order valence-electron chi connectivity index (χ3n) is 5.35. The Morgan fingerprint density at radius 2 is 2.12 bits per heavy atom. The number of hydrogen-bond donors (Lipinski definition) is 1. The average Bonchev–Trinajstić information content (AvgIpc) is 3.13. The molecule has 1 amide bonds. The summed E-state index contributed by atoms with van der Waals surface area (Å²) in [5, 5.41) is 8.74. The van der Waals surface area contributed by atoms with E-state index in [2.05, 4.69) is 48.5 Å². The van der Waals surface area contributed by atoms with Gasteiger partial charge in [0.2, 0.25) is 0 Å². The van der Waals surface area contributed by atoms with Crippen molar-refractivity contribution in [3.8, 4) is 0 Å². The second kappa shape index (κ2) is 5.70. The number of nitrogens with zero attached hydrogens (tertiary/aromatic N) is 2. The van der Waals surface area contributed by atoms with Crippen LogP contribution in [0.2, 0.25) is 0 Å². The van der Waals surface area contributed by atoms with Gasteiger partial charge in [-0.2, -0.15) is 5.10 Å². The fourth-order valence-corrected chi connectivity index (χ4v) is 4.94. The van der Waals surface area contributed by atoms with E-state index >= 15 is 0 Å². The summed E-state index contributed by atoms with van der Waals surface area (Å²) in [6.45, 7) is 6.55.